The number of nitrogens with one attached hydrogen (secondary N) is 2. The van der Waals surface area contributed by atoms with E-state index in [1.54, 1.807) is 6.26 Å². The van der Waals surface area contributed by atoms with Crippen molar-refractivity contribution >= 4 is 22.4 Å². The van der Waals surface area contributed by atoms with Gasteiger partial charge in [0.25, 0.3) is 0 Å². The summed E-state index contributed by atoms with van der Waals surface area (Å²) in [5, 5.41) is 6.53. The molecule has 19 heavy (non-hydrogen) atoms. The quantitative estimate of drug-likeness (QED) is 0.834. The van der Waals surface area contributed by atoms with Gasteiger partial charge in [-0.3, -0.25) is 4.21 Å². The molecule has 6 heteroatoms. The van der Waals surface area contributed by atoms with Crippen LogP contribution >= 0.6 is 0 Å². The zero-order valence-electron chi connectivity index (χ0n) is 12.0. The van der Waals surface area contributed by atoms with Gasteiger partial charge < -0.3 is 10.6 Å². The van der Waals surface area contributed by atoms with Crippen molar-refractivity contribution in [2.24, 2.45) is 0 Å². The van der Waals surface area contributed by atoms with E-state index in [0.717, 1.165) is 23.0 Å². The molecule has 2 atom stereocenters. The van der Waals surface area contributed by atoms with Gasteiger partial charge in [-0.25, -0.2) is 9.97 Å². The molecule has 0 amide bonds. The molecular weight excluding hydrogens is 260 g/mol. The van der Waals surface area contributed by atoms with Crippen LogP contribution < -0.4 is 10.6 Å². The monoisotopic (exact) mass is 282 g/mol. The van der Waals surface area contributed by atoms with Crippen LogP contribution in [0, 0.1) is 6.92 Å². The fourth-order valence-corrected chi connectivity index (χ4v) is 2.15. The molecule has 0 aromatic carbocycles. The van der Waals surface area contributed by atoms with Crippen molar-refractivity contribution in [2.45, 2.75) is 37.9 Å². The van der Waals surface area contributed by atoms with Gasteiger partial charge in [0, 0.05) is 47.4 Å². The number of rotatable bonds is 6. The molecular formula is C13H22N4OS. The lowest BCUT2D eigenvalue weighted by Crippen LogP contribution is -2.22. The van der Waals surface area contributed by atoms with E-state index in [-0.39, 0.29) is 5.25 Å². The molecule has 1 aromatic rings. The first kappa shape index (κ1) is 14.2. The normalized spacial score (nSPS) is 17.9. The molecule has 1 heterocycles. The summed E-state index contributed by atoms with van der Waals surface area (Å²) in [7, 11) is 1.05. The maximum absolute atomic E-state index is 11.4. The molecule has 1 aliphatic rings. The Bertz CT molecular complexity index is 488. The average Bonchev–Trinajstić information content (AvgIpc) is 3.21. The van der Waals surface area contributed by atoms with E-state index in [4.69, 9.17) is 0 Å². The van der Waals surface area contributed by atoms with Gasteiger partial charge in [-0.15, -0.1) is 0 Å². The first-order chi connectivity index (χ1) is 9.02. The van der Waals surface area contributed by atoms with Crippen LogP contribution in [0.3, 0.4) is 0 Å². The Morgan fingerprint density at radius 2 is 2.00 bits per heavy atom. The molecule has 0 aliphatic heterocycles. The molecule has 2 rings (SSSR count). The van der Waals surface area contributed by atoms with Gasteiger partial charge in [-0.05, 0) is 26.7 Å². The van der Waals surface area contributed by atoms with E-state index in [2.05, 4.69) is 20.6 Å². The number of anilines is 2. The van der Waals surface area contributed by atoms with E-state index in [9.17, 15) is 4.21 Å². The lowest BCUT2D eigenvalue weighted by molar-refractivity contribution is 0.678. The summed E-state index contributed by atoms with van der Waals surface area (Å²) in [4.78, 5) is 9.17. The van der Waals surface area contributed by atoms with Gasteiger partial charge in [0.05, 0.1) is 0 Å². The van der Waals surface area contributed by atoms with Gasteiger partial charge in [-0.2, -0.15) is 0 Å². The number of aromatic nitrogens is 2. The second-order valence-corrected chi connectivity index (χ2v) is 6.92. The van der Waals surface area contributed by atoms with Crippen LogP contribution in [0.4, 0.5) is 11.6 Å². The van der Waals surface area contributed by atoms with Crippen molar-refractivity contribution in [2.75, 3.05) is 30.5 Å². The first-order valence-corrected chi connectivity index (χ1v) is 8.27. The van der Waals surface area contributed by atoms with Crippen LogP contribution in [0.25, 0.3) is 0 Å². The Balaban J connectivity index is 2.18. The van der Waals surface area contributed by atoms with Crippen LogP contribution in [-0.4, -0.2) is 39.3 Å². The third-order valence-electron chi connectivity index (χ3n) is 3.47. The van der Waals surface area contributed by atoms with Crippen LogP contribution in [0.5, 0.6) is 0 Å². The average molecular weight is 282 g/mol. The highest BCUT2D eigenvalue weighted by atomic mass is 32.2. The topological polar surface area (TPSA) is 66.9 Å². The van der Waals surface area contributed by atoms with Gasteiger partial charge in [0.1, 0.15) is 17.5 Å². The second kappa shape index (κ2) is 5.86. The second-order valence-electron chi connectivity index (χ2n) is 5.12. The van der Waals surface area contributed by atoms with Crippen molar-refractivity contribution in [3.63, 3.8) is 0 Å². The predicted molar refractivity (Wildman–Crippen MR) is 80.3 cm³/mol. The Morgan fingerprint density at radius 3 is 2.53 bits per heavy atom. The molecule has 1 saturated carbocycles. The number of hydrogen-bond acceptors (Lipinski definition) is 5. The van der Waals surface area contributed by atoms with Crippen LogP contribution in [0.1, 0.15) is 37.1 Å². The molecule has 2 N–H and O–H groups in total. The fourth-order valence-electron chi connectivity index (χ4n) is 1.83. The van der Waals surface area contributed by atoms with Gasteiger partial charge in [0.2, 0.25) is 0 Å². The number of hydrogen-bond donors (Lipinski definition) is 2. The third-order valence-corrected chi connectivity index (χ3v) is 4.77. The maximum Gasteiger partial charge on any atom is 0.136 e. The standard InChI is InChI=1S/C13H22N4OS/c1-8(19(4)18)7-15-12-9(2)11(14-3)16-13(17-12)10-5-6-10/h8,10H,5-7H2,1-4H3,(H2,14,15,16,17). The lowest BCUT2D eigenvalue weighted by atomic mass is 10.2. The zero-order valence-corrected chi connectivity index (χ0v) is 12.8. The minimum absolute atomic E-state index is 0.108. The summed E-state index contributed by atoms with van der Waals surface area (Å²) in [6, 6.07) is 0. The van der Waals surface area contributed by atoms with Gasteiger partial charge in [0.15, 0.2) is 0 Å². The van der Waals surface area contributed by atoms with Crippen molar-refractivity contribution in [1.29, 1.82) is 0 Å². The molecule has 0 spiro atoms. The van der Waals surface area contributed by atoms with Crippen molar-refractivity contribution < 1.29 is 4.21 Å². The van der Waals surface area contributed by atoms with Crippen molar-refractivity contribution in [3.05, 3.63) is 11.4 Å². The van der Waals surface area contributed by atoms with Crippen molar-refractivity contribution in [3.8, 4) is 0 Å². The molecule has 1 aliphatic carbocycles. The van der Waals surface area contributed by atoms with E-state index in [1.807, 2.05) is 20.9 Å². The Hall–Kier alpha value is -1.17. The minimum Gasteiger partial charge on any atom is -0.373 e. The Kier molecular flexibility index (Phi) is 4.39. The van der Waals surface area contributed by atoms with E-state index in [1.165, 1.54) is 12.8 Å². The SMILES string of the molecule is CNc1nc(C2CC2)nc(NCC(C)S(C)=O)c1C. The lowest BCUT2D eigenvalue weighted by Gasteiger charge is -2.15. The third kappa shape index (κ3) is 3.43. The van der Waals surface area contributed by atoms with Crippen molar-refractivity contribution in [1.82, 2.24) is 9.97 Å². The molecule has 1 aromatic heterocycles. The minimum atomic E-state index is -0.821. The molecule has 106 valence electrons. The van der Waals surface area contributed by atoms with E-state index >= 15 is 0 Å². The zero-order chi connectivity index (χ0) is 14.0. The predicted octanol–water partition coefficient (Wildman–Crippen LogP) is 1.88. The summed E-state index contributed by atoms with van der Waals surface area (Å²) in [6.45, 7) is 4.63. The largest absolute Gasteiger partial charge is 0.373 e. The number of nitrogens with zero attached hydrogens (tertiary/aromatic N) is 2. The summed E-state index contributed by atoms with van der Waals surface area (Å²) in [5.41, 5.74) is 1.01. The first-order valence-electron chi connectivity index (χ1n) is 6.65. The summed E-state index contributed by atoms with van der Waals surface area (Å²) < 4.78 is 11.4. The molecule has 0 bridgehead atoms. The Labute approximate surface area is 117 Å². The molecule has 1 fully saturated rings. The highest BCUT2D eigenvalue weighted by Gasteiger charge is 2.28. The van der Waals surface area contributed by atoms with Gasteiger partial charge >= 0.3 is 0 Å². The van der Waals surface area contributed by atoms with Crippen LogP contribution in [0.15, 0.2) is 0 Å². The Morgan fingerprint density at radius 1 is 1.37 bits per heavy atom. The van der Waals surface area contributed by atoms with Crippen LogP contribution in [0.2, 0.25) is 0 Å². The highest BCUT2D eigenvalue weighted by molar-refractivity contribution is 7.84. The highest BCUT2D eigenvalue weighted by Crippen LogP contribution is 2.39. The summed E-state index contributed by atoms with van der Waals surface area (Å²) in [5.74, 6) is 3.18. The molecule has 2 unspecified atom stereocenters. The summed E-state index contributed by atoms with van der Waals surface area (Å²) >= 11 is 0. The van der Waals surface area contributed by atoms with E-state index in [0.29, 0.717) is 12.5 Å². The van der Waals surface area contributed by atoms with E-state index < -0.39 is 10.8 Å². The fraction of sp³-hybridized carbons (Fsp3) is 0.692. The van der Waals surface area contributed by atoms with Gasteiger partial charge in [-0.1, -0.05) is 0 Å². The smallest absolute Gasteiger partial charge is 0.136 e. The maximum atomic E-state index is 11.4. The molecule has 0 radical (unpaired) electrons. The summed E-state index contributed by atoms with van der Waals surface area (Å²) in [6.07, 6.45) is 4.09. The molecule has 0 saturated heterocycles. The van der Waals surface area contributed by atoms with Crippen LogP contribution in [-0.2, 0) is 10.8 Å². The molecule has 5 nitrogen and oxygen atoms in total.